The first kappa shape index (κ1) is 9.72. The summed E-state index contributed by atoms with van der Waals surface area (Å²) in [6, 6.07) is 9.01. The SMILES string of the molecule is N#Cc1ccccc1[C@H](N)CCO. The van der Waals surface area contributed by atoms with Gasteiger partial charge in [0.1, 0.15) is 0 Å². The molecule has 1 aromatic rings. The average molecular weight is 176 g/mol. The third-order valence-electron chi connectivity index (χ3n) is 1.92. The van der Waals surface area contributed by atoms with E-state index in [9.17, 15) is 0 Å². The highest BCUT2D eigenvalue weighted by Crippen LogP contribution is 2.17. The van der Waals surface area contributed by atoms with Crippen molar-refractivity contribution < 1.29 is 5.11 Å². The van der Waals surface area contributed by atoms with Gasteiger partial charge >= 0.3 is 0 Å². The summed E-state index contributed by atoms with van der Waals surface area (Å²) in [5, 5.41) is 17.5. The zero-order valence-corrected chi connectivity index (χ0v) is 7.27. The summed E-state index contributed by atoms with van der Waals surface area (Å²) in [7, 11) is 0. The van der Waals surface area contributed by atoms with E-state index in [0.717, 1.165) is 5.56 Å². The molecule has 3 N–H and O–H groups in total. The fraction of sp³-hybridized carbons (Fsp3) is 0.300. The maximum Gasteiger partial charge on any atom is 0.0995 e. The predicted octanol–water partition coefficient (Wildman–Crippen LogP) is 0.940. The molecule has 0 amide bonds. The zero-order valence-electron chi connectivity index (χ0n) is 7.27. The molecule has 0 saturated carbocycles. The van der Waals surface area contributed by atoms with Crippen molar-refractivity contribution in [3.8, 4) is 6.07 Å². The van der Waals surface area contributed by atoms with Gasteiger partial charge in [-0.15, -0.1) is 0 Å². The Labute approximate surface area is 77.4 Å². The fourth-order valence-corrected chi connectivity index (χ4v) is 1.22. The van der Waals surface area contributed by atoms with Crippen molar-refractivity contribution in [2.45, 2.75) is 12.5 Å². The van der Waals surface area contributed by atoms with Gasteiger partial charge in [0.05, 0.1) is 11.6 Å². The van der Waals surface area contributed by atoms with Crippen molar-refractivity contribution in [2.75, 3.05) is 6.61 Å². The largest absolute Gasteiger partial charge is 0.396 e. The van der Waals surface area contributed by atoms with Crippen LogP contribution in [-0.4, -0.2) is 11.7 Å². The maximum atomic E-state index is 8.77. The number of aliphatic hydroxyl groups excluding tert-OH is 1. The van der Waals surface area contributed by atoms with Gasteiger partial charge < -0.3 is 10.8 Å². The Kier molecular flexibility index (Phi) is 3.44. The third kappa shape index (κ3) is 2.28. The molecule has 0 bridgehead atoms. The summed E-state index contributed by atoms with van der Waals surface area (Å²) in [5.74, 6) is 0. The number of hydrogen-bond donors (Lipinski definition) is 2. The van der Waals surface area contributed by atoms with Crippen LogP contribution in [-0.2, 0) is 0 Å². The monoisotopic (exact) mass is 176 g/mol. The minimum Gasteiger partial charge on any atom is -0.396 e. The van der Waals surface area contributed by atoms with E-state index in [-0.39, 0.29) is 12.6 Å². The lowest BCUT2D eigenvalue weighted by Gasteiger charge is -2.11. The number of nitriles is 1. The van der Waals surface area contributed by atoms with Crippen LogP contribution in [0.2, 0.25) is 0 Å². The van der Waals surface area contributed by atoms with Crippen LogP contribution in [0.4, 0.5) is 0 Å². The number of nitrogens with two attached hydrogens (primary N) is 1. The molecule has 0 aliphatic rings. The Hall–Kier alpha value is -1.37. The van der Waals surface area contributed by atoms with Crippen LogP contribution in [0.5, 0.6) is 0 Å². The summed E-state index contributed by atoms with van der Waals surface area (Å²) < 4.78 is 0. The van der Waals surface area contributed by atoms with Crippen LogP contribution in [0, 0.1) is 11.3 Å². The number of benzene rings is 1. The molecule has 68 valence electrons. The summed E-state index contributed by atoms with van der Waals surface area (Å²) in [6.45, 7) is 0.0426. The van der Waals surface area contributed by atoms with Crippen LogP contribution in [0.3, 0.4) is 0 Å². The average Bonchev–Trinajstić information content (AvgIpc) is 2.18. The topological polar surface area (TPSA) is 70.0 Å². The molecule has 0 heterocycles. The normalized spacial score (nSPS) is 12.1. The van der Waals surface area contributed by atoms with Gasteiger partial charge in [-0.25, -0.2) is 0 Å². The molecule has 0 spiro atoms. The van der Waals surface area contributed by atoms with Crippen LogP contribution in [0.1, 0.15) is 23.6 Å². The van der Waals surface area contributed by atoms with E-state index in [0.29, 0.717) is 12.0 Å². The summed E-state index contributed by atoms with van der Waals surface area (Å²) in [6.07, 6.45) is 0.485. The van der Waals surface area contributed by atoms with Gasteiger partial charge in [-0.3, -0.25) is 0 Å². The van der Waals surface area contributed by atoms with E-state index in [1.165, 1.54) is 0 Å². The van der Waals surface area contributed by atoms with Gasteiger partial charge in [-0.05, 0) is 18.1 Å². The molecule has 0 saturated heterocycles. The molecule has 0 aliphatic heterocycles. The lowest BCUT2D eigenvalue weighted by atomic mass is 10.00. The summed E-state index contributed by atoms with van der Waals surface area (Å²) in [5.41, 5.74) is 7.16. The van der Waals surface area contributed by atoms with Crippen molar-refractivity contribution >= 4 is 0 Å². The second-order valence-corrected chi connectivity index (χ2v) is 2.82. The number of rotatable bonds is 3. The molecule has 0 aromatic heterocycles. The van der Waals surface area contributed by atoms with Crippen molar-refractivity contribution in [1.82, 2.24) is 0 Å². The molecule has 1 aromatic carbocycles. The maximum absolute atomic E-state index is 8.77. The van der Waals surface area contributed by atoms with Gasteiger partial charge in [0.2, 0.25) is 0 Å². The lowest BCUT2D eigenvalue weighted by Crippen LogP contribution is -2.13. The second-order valence-electron chi connectivity index (χ2n) is 2.82. The Morgan fingerprint density at radius 3 is 2.77 bits per heavy atom. The molecule has 3 nitrogen and oxygen atoms in total. The van der Waals surface area contributed by atoms with Gasteiger partial charge in [0, 0.05) is 12.6 Å². The molecule has 0 radical (unpaired) electrons. The van der Waals surface area contributed by atoms with Crippen LogP contribution in [0.25, 0.3) is 0 Å². The highest BCUT2D eigenvalue weighted by molar-refractivity contribution is 5.39. The van der Waals surface area contributed by atoms with E-state index in [1.807, 2.05) is 12.1 Å². The van der Waals surface area contributed by atoms with Crippen molar-refractivity contribution in [2.24, 2.45) is 5.73 Å². The van der Waals surface area contributed by atoms with E-state index in [2.05, 4.69) is 6.07 Å². The first-order chi connectivity index (χ1) is 6.29. The first-order valence-corrected chi connectivity index (χ1v) is 4.15. The van der Waals surface area contributed by atoms with Crippen molar-refractivity contribution in [1.29, 1.82) is 5.26 Å². The molecule has 0 aliphatic carbocycles. The lowest BCUT2D eigenvalue weighted by molar-refractivity contribution is 0.276. The Balaban J connectivity index is 2.93. The smallest absolute Gasteiger partial charge is 0.0995 e. The minimum absolute atomic E-state index is 0.0426. The number of aliphatic hydroxyl groups is 1. The van der Waals surface area contributed by atoms with Gasteiger partial charge in [-0.2, -0.15) is 5.26 Å². The highest BCUT2D eigenvalue weighted by Gasteiger charge is 2.08. The molecule has 0 fully saturated rings. The van der Waals surface area contributed by atoms with Crippen molar-refractivity contribution in [3.05, 3.63) is 35.4 Å². The van der Waals surface area contributed by atoms with Crippen LogP contribution in [0.15, 0.2) is 24.3 Å². The first-order valence-electron chi connectivity index (χ1n) is 4.15. The number of nitrogens with zero attached hydrogens (tertiary/aromatic N) is 1. The standard InChI is InChI=1S/C10H12N2O/c11-7-8-3-1-2-4-9(8)10(12)5-6-13/h1-4,10,13H,5-6,12H2/t10-/m1/s1. The molecular weight excluding hydrogens is 164 g/mol. The third-order valence-corrected chi connectivity index (χ3v) is 1.92. The molecule has 0 unspecified atom stereocenters. The fourth-order valence-electron chi connectivity index (χ4n) is 1.22. The van der Waals surface area contributed by atoms with Gasteiger partial charge in [0.15, 0.2) is 0 Å². The Morgan fingerprint density at radius 1 is 1.46 bits per heavy atom. The quantitative estimate of drug-likeness (QED) is 0.720. The Morgan fingerprint density at radius 2 is 2.15 bits per heavy atom. The zero-order chi connectivity index (χ0) is 9.68. The van der Waals surface area contributed by atoms with Crippen LogP contribution < -0.4 is 5.73 Å². The van der Waals surface area contributed by atoms with E-state index in [1.54, 1.807) is 12.1 Å². The van der Waals surface area contributed by atoms with E-state index in [4.69, 9.17) is 16.1 Å². The van der Waals surface area contributed by atoms with Gasteiger partial charge in [0.25, 0.3) is 0 Å². The van der Waals surface area contributed by atoms with Crippen LogP contribution >= 0.6 is 0 Å². The second kappa shape index (κ2) is 4.61. The highest BCUT2D eigenvalue weighted by atomic mass is 16.3. The van der Waals surface area contributed by atoms with E-state index < -0.39 is 0 Å². The summed E-state index contributed by atoms with van der Waals surface area (Å²) in [4.78, 5) is 0. The predicted molar refractivity (Wildman–Crippen MR) is 49.8 cm³/mol. The summed E-state index contributed by atoms with van der Waals surface area (Å²) >= 11 is 0. The van der Waals surface area contributed by atoms with Gasteiger partial charge in [-0.1, -0.05) is 18.2 Å². The Bertz CT molecular complexity index is 317. The van der Waals surface area contributed by atoms with Crippen molar-refractivity contribution in [3.63, 3.8) is 0 Å². The number of hydrogen-bond acceptors (Lipinski definition) is 3. The molecule has 13 heavy (non-hydrogen) atoms. The molecule has 1 atom stereocenters. The minimum atomic E-state index is -0.249. The van der Waals surface area contributed by atoms with E-state index >= 15 is 0 Å². The molecular formula is C10H12N2O. The molecule has 1 rings (SSSR count). The molecule has 3 heteroatoms.